The number of ether oxygens (including phenoxy) is 2. The van der Waals surface area contributed by atoms with E-state index in [2.05, 4.69) is 4.98 Å². The molecule has 0 bridgehead atoms. The number of carboxylic acids is 1. The van der Waals surface area contributed by atoms with Gasteiger partial charge in [-0.2, -0.15) is 0 Å². The lowest BCUT2D eigenvalue weighted by atomic mass is 10.1. The van der Waals surface area contributed by atoms with Crippen LogP contribution in [0.15, 0.2) is 48.8 Å². The maximum absolute atomic E-state index is 12.8. The molecule has 2 aromatic rings. The Morgan fingerprint density at radius 2 is 2.08 bits per heavy atom. The fraction of sp³-hybridized carbons (Fsp3) is 0.235. The van der Waals surface area contributed by atoms with Crippen molar-refractivity contribution in [1.82, 2.24) is 9.88 Å². The number of benzene rings is 1. The van der Waals surface area contributed by atoms with Gasteiger partial charge < -0.3 is 19.5 Å². The number of aliphatic carboxylic acids is 1. The Morgan fingerprint density at radius 1 is 1.25 bits per heavy atom. The molecule has 0 saturated carbocycles. The highest BCUT2D eigenvalue weighted by Crippen LogP contribution is 2.26. The molecule has 7 heteroatoms. The molecule has 1 aliphatic rings. The second-order valence-electron chi connectivity index (χ2n) is 5.24. The minimum Gasteiger partial charge on any atom is -0.479 e. The molecular formula is C17H16N2O5. The van der Waals surface area contributed by atoms with Crippen molar-refractivity contribution in [3.05, 3.63) is 54.4 Å². The van der Waals surface area contributed by atoms with E-state index in [4.69, 9.17) is 14.6 Å². The van der Waals surface area contributed by atoms with Gasteiger partial charge in [-0.1, -0.05) is 12.1 Å². The number of para-hydroxylation sites is 1. The van der Waals surface area contributed by atoms with Gasteiger partial charge in [-0.05, 0) is 24.3 Å². The van der Waals surface area contributed by atoms with E-state index in [0.29, 0.717) is 23.6 Å². The normalized spacial score (nSPS) is 17.3. The van der Waals surface area contributed by atoms with Gasteiger partial charge >= 0.3 is 5.97 Å². The number of carboxylic acid groups (broad SMARTS) is 1. The van der Waals surface area contributed by atoms with Crippen LogP contribution in [0.25, 0.3) is 0 Å². The SMILES string of the molecule is O=C(O)[C@H]1CN(C(=O)c2ccccc2Oc2cccnc2)CCO1. The van der Waals surface area contributed by atoms with E-state index < -0.39 is 12.1 Å². The van der Waals surface area contributed by atoms with Gasteiger partial charge in [-0.25, -0.2) is 4.79 Å². The minimum absolute atomic E-state index is 0.00932. The van der Waals surface area contributed by atoms with Crippen LogP contribution in [0.1, 0.15) is 10.4 Å². The fourth-order valence-corrected chi connectivity index (χ4v) is 2.42. The predicted octanol–water partition coefficient (Wildman–Crippen LogP) is 1.80. The Balaban J connectivity index is 1.81. The largest absolute Gasteiger partial charge is 0.479 e. The van der Waals surface area contributed by atoms with Crippen molar-refractivity contribution in [2.75, 3.05) is 19.7 Å². The number of morpholine rings is 1. The number of pyridine rings is 1. The fourth-order valence-electron chi connectivity index (χ4n) is 2.42. The van der Waals surface area contributed by atoms with Gasteiger partial charge in [-0.3, -0.25) is 9.78 Å². The smallest absolute Gasteiger partial charge is 0.334 e. The molecule has 1 aromatic heterocycles. The Bertz CT molecular complexity index is 735. The number of amides is 1. The first-order valence-electron chi connectivity index (χ1n) is 7.46. The van der Waals surface area contributed by atoms with Crippen LogP contribution in [0.4, 0.5) is 0 Å². The summed E-state index contributed by atoms with van der Waals surface area (Å²) in [5.41, 5.74) is 0.368. The molecule has 0 unspecified atom stereocenters. The third-order valence-corrected chi connectivity index (χ3v) is 3.61. The number of nitrogens with zero attached hydrogens (tertiary/aromatic N) is 2. The lowest BCUT2D eigenvalue weighted by Gasteiger charge is -2.31. The molecule has 1 N–H and O–H groups in total. The highest BCUT2D eigenvalue weighted by Gasteiger charge is 2.30. The lowest BCUT2D eigenvalue weighted by Crippen LogP contribution is -2.48. The van der Waals surface area contributed by atoms with Gasteiger partial charge in [0.1, 0.15) is 11.5 Å². The topological polar surface area (TPSA) is 89.0 Å². The number of carbonyl (C=O) groups excluding carboxylic acids is 1. The van der Waals surface area contributed by atoms with Gasteiger partial charge in [0.25, 0.3) is 5.91 Å². The van der Waals surface area contributed by atoms with Gasteiger partial charge in [-0.15, -0.1) is 0 Å². The molecular weight excluding hydrogens is 312 g/mol. The molecule has 2 heterocycles. The standard InChI is InChI=1S/C17H16N2O5/c20-16(19-8-9-23-15(11-19)17(21)22)13-5-1-2-6-14(13)24-12-4-3-7-18-10-12/h1-7,10,15H,8-9,11H2,(H,21,22)/t15-/m1/s1. The highest BCUT2D eigenvalue weighted by atomic mass is 16.5. The summed E-state index contributed by atoms with van der Waals surface area (Å²) >= 11 is 0. The van der Waals surface area contributed by atoms with E-state index in [1.165, 1.54) is 4.90 Å². The minimum atomic E-state index is -1.08. The number of hydrogen-bond acceptors (Lipinski definition) is 5. The quantitative estimate of drug-likeness (QED) is 0.920. The maximum atomic E-state index is 12.8. The Labute approximate surface area is 138 Å². The van der Waals surface area contributed by atoms with Crippen LogP contribution in [0.3, 0.4) is 0 Å². The number of rotatable bonds is 4. The van der Waals surface area contributed by atoms with Crippen molar-refractivity contribution in [3.63, 3.8) is 0 Å². The summed E-state index contributed by atoms with van der Waals surface area (Å²) in [5.74, 6) is -0.451. The third kappa shape index (κ3) is 3.52. The zero-order valence-corrected chi connectivity index (χ0v) is 12.8. The summed E-state index contributed by atoms with van der Waals surface area (Å²) in [6.45, 7) is 0.535. The summed E-state index contributed by atoms with van der Waals surface area (Å²) < 4.78 is 10.9. The zero-order chi connectivity index (χ0) is 16.9. The first-order chi connectivity index (χ1) is 11.6. The van der Waals surface area contributed by atoms with Crippen molar-refractivity contribution in [1.29, 1.82) is 0 Å². The molecule has 0 aliphatic carbocycles. The van der Waals surface area contributed by atoms with Crippen LogP contribution in [0.5, 0.6) is 11.5 Å². The summed E-state index contributed by atoms with van der Waals surface area (Å²) in [6, 6.07) is 10.3. The van der Waals surface area contributed by atoms with E-state index in [1.54, 1.807) is 48.8 Å². The average Bonchev–Trinajstić information content (AvgIpc) is 2.62. The van der Waals surface area contributed by atoms with E-state index in [9.17, 15) is 9.59 Å². The van der Waals surface area contributed by atoms with Crippen LogP contribution in [0.2, 0.25) is 0 Å². The van der Waals surface area contributed by atoms with Crippen molar-refractivity contribution >= 4 is 11.9 Å². The van der Waals surface area contributed by atoms with E-state index in [1.807, 2.05) is 0 Å². The number of aromatic nitrogens is 1. The lowest BCUT2D eigenvalue weighted by molar-refractivity contribution is -0.154. The third-order valence-electron chi connectivity index (χ3n) is 3.61. The van der Waals surface area contributed by atoms with Crippen LogP contribution in [-0.2, 0) is 9.53 Å². The van der Waals surface area contributed by atoms with E-state index in [-0.39, 0.29) is 19.1 Å². The molecule has 1 fully saturated rings. The monoisotopic (exact) mass is 328 g/mol. The first-order valence-corrected chi connectivity index (χ1v) is 7.46. The van der Waals surface area contributed by atoms with E-state index in [0.717, 1.165) is 0 Å². The molecule has 1 aliphatic heterocycles. The van der Waals surface area contributed by atoms with Gasteiger partial charge in [0.2, 0.25) is 0 Å². The zero-order valence-electron chi connectivity index (χ0n) is 12.8. The summed E-state index contributed by atoms with van der Waals surface area (Å²) in [5, 5.41) is 9.06. The molecule has 7 nitrogen and oxygen atoms in total. The Hall–Kier alpha value is -2.93. The summed E-state index contributed by atoms with van der Waals surface area (Å²) in [7, 11) is 0. The molecule has 1 amide bonds. The van der Waals surface area contributed by atoms with Gasteiger partial charge in [0, 0.05) is 12.7 Å². The molecule has 3 rings (SSSR count). The predicted molar refractivity (Wildman–Crippen MR) is 84.0 cm³/mol. The Morgan fingerprint density at radius 3 is 2.83 bits per heavy atom. The molecule has 0 spiro atoms. The van der Waals surface area contributed by atoms with Crippen LogP contribution in [-0.4, -0.2) is 52.7 Å². The second kappa shape index (κ2) is 7.10. The molecule has 24 heavy (non-hydrogen) atoms. The van der Waals surface area contributed by atoms with Crippen molar-refractivity contribution < 1.29 is 24.2 Å². The van der Waals surface area contributed by atoms with Gasteiger partial charge in [0.05, 0.1) is 24.9 Å². The van der Waals surface area contributed by atoms with Crippen molar-refractivity contribution in [2.45, 2.75) is 6.10 Å². The Kier molecular flexibility index (Phi) is 4.72. The molecule has 124 valence electrons. The summed E-state index contributed by atoms with van der Waals surface area (Å²) in [4.78, 5) is 29.3. The van der Waals surface area contributed by atoms with Crippen molar-refractivity contribution in [3.8, 4) is 11.5 Å². The van der Waals surface area contributed by atoms with Crippen molar-refractivity contribution in [2.24, 2.45) is 0 Å². The van der Waals surface area contributed by atoms with Crippen LogP contribution >= 0.6 is 0 Å². The molecule has 1 atom stereocenters. The van der Waals surface area contributed by atoms with Crippen LogP contribution in [0, 0.1) is 0 Å². The number of carbonyl (C=O) groups is 2. The molecule has 1 aromatic carbocycles. The van der Waals surface area contributed by atoms with Crippen LogP contribution < -0.4 is 4.74 Å². The average molecular weight is 328 g/mol. The summed E-state index contributed by atoms with van der Waals surface area (Å²) in [6.07, 6.45) is 2.18. The first kappa shape index (κ1) is 15.9. The van der Waals surface area contributed by atoms with Gasteiger partial charge in [0.15, 0.2) is 6.10 Å². The molecule has 0 radical (unpaired) electrons. The second-order valence-corrected chi connectivity index (χ2v) is 5.24. The highest BCUT2D eigenvalue weighted by molar-refractivity contribution is 5.97. The molecule has 1 saturated heterocycles. The van der Waals surface area contributed by atoms with E-state index >= 15 is 0 Å². The maximum Gasteiger partial charge on any atom is 0.334 e. The number of hydrogen-bond donors (Lipinski definition) is 1.